The molecule has 0 bridgehead atoms. The molecule has 214 valence electrons. The van der Waals surface area contributed by atoms with Gasteiger partial charge in [0.15, 0.2) is 0 Å². The summed E-state index contributed by atoms with van der Waals surface area (Å²) in [5, 5.41) is 2.90. The molecule has 40 heavy (non-hydrogen) atoms. The Balaban J connectivity index is 2.05. The SMILES string of the molecule is CCOc1ccc(N(CC(=O)N(Cc2ccccc2)C(CC)C(=O)NC(C)C)S(=O)(=O)c2ccc(Br)cc2)cc1. The molecule has 0 aliphatic rings. The molecule has 3 aromatic carbocycles. The van der Waals surface area contributed by atoms with E-state index in [9.17, 15) is 18.0 Å². The van der Waals surface area contributed by atoms with Crippen LogP contribution in [0.3, 0.4) is 0 Å². The Morgan fingerprint density at radius 1 is 0.925 bits per heavy atom. The van der Waals surface area contributed by atoms with Crippen molar-refractivity contribution in [2.75, 3.05) is 17.5 Å². The van der Waals surface area contributed by atoms with Crippen LogP contribution in [0, 0.1) is 0 Å². The second-order valence-electron chi connectivity index (χ2n) is 9.49. The van der Waals surface area contributed by atoms with E-state index in [0.717, 1.165) is 14.3 Å². The predicted molar refractivity (Wildman–Crippen MR) is 161 cm³/mol. The van der Waals surface area contributed by atoms with E-state index in [0.29, 0.717) is 24.5 Å². The van der Waals surface area contributed by atoms with Crippen LogP contribution < -0.4 is 14.4 Å². The van der Waals surface area contributed by atoms with Crippen molar-refractivity contribution in [1.82, 2.24) is 10.2 Å². The molecule has 1 unspecified atom stereocenters. The monoisotopic (exact) mass is 629 g/mol. The first-order valence-electron chi connectivity index (χ1n) is 13.2. The maximum atomic E-state index is 14.0. The Morgan fingerprint density at radius 3 is 2.10 bits per heavy atom. The van der Waals surface area contributed by atoms with E-state index < -0.39 is 28.5 Å². The van der Waals surface area contributed by atoms with E-state index >= 15 is 0 Å². The quantitative estimate of drug-likeness (QED) is 0.274. The number of carbonyl (C=O) groups excluding carboxylic acids is 2. The third-order valence-corrected chi connectivity index (χ3v) is 8.45. The molecule has 3 rings (SSSR count). The average Bonchev–Trinajstić information content (AvgIpc) is 2.92. The van der Waals surface area contributed by atoms with E-state index in [1.165, 1.54) is 17.0 Å². The van der Waals surface area contributed by atoms with Gasteiger partial charge in [0, 0.05) is 17.1 Å². The maximum Gasteiger partial charge on any atom is 0.264 e. The van der Waals surface area contributed by atoms with Crippen molar-refractivity contribution >= 4 is 43.5 Å². The number of hydrogen-bond acceptors (Lipinski definition) is 5. The predicted octanol–water partition coefficient (Wildman–Crippen LogP) is 5.38. The smallest absolute Gasteiger partial charge is 0.264 e. The molecule has 0 aliphatic heterocycles. The first-order valence-corrected chi connectivity index (χ1v) is 15.4. The van der Waals surface area contributed by atoms with Crippen molar-refractivity contribution in [3.05, 3.63) is 88.9 Å². The van der Waals surface area contributed by atoms with Crippen LogP contribution in [0.2, 0.25) is 0 Å². The zero-order valence-electron chi connectivity index (χ0n) is 23.2. The highest BCUT2D eigenvalue weighted by Crippen LogP contribution is 2.27. The second-order valence-corrected chi connectivity index (χ2v) is 12.3. The normalized spacial score (nSPS) is 12.1. The molecule has 2 amide bonds. The molecular formula is C30H36BrN3O5S. The topological polar surface area (TPSA) is 96.0 Å². The Morgan fingerprint density at radius 2 is 1.55 bits per heavy atom. The summed E-state index contributed by atoms with van der Waals surface area (Å²) >= 11 is 3.34. The molecule has 0 saturated carbocycles. The van der Waals surface area contributed by atoms with Crippen molar-refractivity contribution in [2.24, 2.45) is 0 Å². The lowest BCUT2D eigenvalue weighted by molar-refractivity contribution is -0.140. The summed E-state index contributed by atoms with van der Waals surface area (Å²) in [7, 11) is -4.15. The number of sulfonamides is 1. The molecule has 10 heteroatoms. The summed E-state index contributed by atoms with van der Waals surface area (Å²) in [4.78, 5) is 28.7. The molecule has 0 heterocycles. The van der Waals surface area contributed by atoms with E-state index in [4.69, 9.17) is 4.74 Å². The molecule has 0 fully saturated rings. The number of rotatable bonds is 13. The number of nitrogens with zero attached hydrogens (tertiary/aromatic N) is 2. The number of hydrogen-bond donors (Lipinski definition) is 1. The number of amides is 2. The number of benzene rings is 3. The summed E-state index contributed by atoms with van der Waals surface area (Å²) in [6.45, 7) is 7.52. The largest absolute Gasteiger partial charge is 0.494 e. The van der Waals surface area contributed by atoms with E-state index in [1.807, 2.05) is 58.0 Å². The van der Waals surface area contributed by atoms with Gasteiger partial charge in [-0.25, -0.2) is 8.42 Å². The minimum absolute atomic E-state index is 0.0385. The van der Waals surface area contributed by atoms with Gasteiger partial charge in [0.25, 0.3) is 10.0 Å². The lowest BCUT2D eigenvalue weighted by atomic mass is 10.1. The Kier molecular flexibility index (Phi) is 11.2. The first kappa shape index (κ1) is 31.2. The third-order valence-electron chi connectivity index (χ3n) is 6.13. The summed E-state index contributed by atoms with van der Waals surface area (Å²) < 4.78 is 35.2. The molecule has 3 aromatic rings. The molecule has 8 nitrogen and oxygen atoms in total. The van der Waals surface area contributed by atoms with Crippen LogP contribution in [0.5, 0.6) is 5.75 Å². The standard InChI is InChI=1S/C30H36BrN3O5S/c1-5-28(30(36)32-22(3)4)33(20-23-10-8-7-9-11-23)29(35)21-34(25-14-16-26(17-15-25)39-6-2)40(37,38)27-18-12-24(31)13-19-27/h7-19,22,28H,5-6,20-21H2,1-4H3,(H,32,36). The van der Waals surface area contributed by atoms with Gasteiger partial charge in [-0.1, -0.05) is 53.2 Å². The lowest BCUT2D eigenvalue weighted by Gasteiger charge is -2.33. The average molecular weight is 631 g/mol. The number of carbonyl (C=O) groups is 2. The van der Waals surface area contributed by atoms with E-state index in [-0.39, 0.29) is 23.4 Å². The van der Waals surface area contributed by atoms with Gasteiger partial charge in [0.2, 0.25) is 11.8 Å². The number of halogens is 1. The molecule has 0 spiro atoms. The second kappa shape index (κ2) is 14.3. The number of nitrogens with one attached hydrogen (secondary N) is 1. The fourth-order valence-electron chi connectivity index (χ4n) is 4.22. The highest BCUT2D eigenvalue weighted by molar-refractivity contribution is 9.10. The summed E-state index contributed by atoms with van der Waals surface area (Å²) in [5.41, 5.74) is 1.13. The van der Waals surface area contributed by atoms with Crippen LogP contribution in [-0.4, -0.2) is 50.4 Å². The highest BCUT2D eigenvalue weighted by Gasteiger charge is 2.33. The van der Waals surface area contributed by atoms with Crippen LogP contribution in [0.15, 0.2) is 88.2 Å². The molecule has 0 saturated heterocycles. The highest BCUT2D eigenvalue weighted by atomic mass is 79.9. The Bertz CT molecular complexity index is 1360. The minimum atomic E-state index is -4.15. The Hall–Kier alpha value is -3.37. The van der Waals surface area contributed by atoms with Crippen LogP contribution in [0.4, 0.5) is 5.69 Å². The van der Waals surface area contributed by atoms with Crippen LogP contribution in [0.1, 0.15) is 39.7 Å². The van der Waals surface area contributed by atoms with Crippen molar-refractivity contribution < 1.29 is 22.7 Å². The first-order chi connectivity index (χ1) is 19.1. The zero-order valence-corrected chi connectivity index (χ0v) is 25.6. The summed E-state index contributed by atoms with van der Waals surface area (Å²) in [5.74, 6) is -0.199. The van der Waals surface area contributed by atoms with Crippen LogP contribution >= 0.6 is 15.9 Å². The zero-order chi connectivity index (χ0) is 29.3. The molecule has 1 N–H and O–H groups in total. The molecular weight excluding hydrogens is 594 g/mol. The fourth-order valence-corrected chi connectivity index (χ4v) is 5.90. The van der Waals surface area contributed by atoms with Crippen molar-refractivity contribution in [1.29, 1.82) is 0 Å². The third kappa shape index (κ3) is 8.08. The lowest BCUT2D eigenvalue weighted by Crippen LogP contribution is -2.53. The molecule has 0 aliphatic carbocycles. The van der Waals surface area contributed by atoms with E-state index in [2.05, 4.69) is 21.2 Å². The molecule has 0 aromatic heterocycles. The van der Waals surface area contributed by atoms with Crippen molar-refractivity contribution in [2.45, 2.75) is 57.6 Å². The number of ether oxygens (including phenoxy) is 1. The number of anilines is 1. The van der Waals surface area contributed by atoms with Gasteiger partial charge in [-0.15, -0.1) is 0 Å². The summed E-state index contributed by atoms with van der Waals surface area (Å²) in [6, 6.07) is 21.2. The van der Waals surface area contributed by atoms with Crippen molar-refractivity contribution in [3.63, 3.8) is 0 Å². The van der Waals surface area contributed by atoms with Gasteiger partial charge in [-0.3, -0.25) is 13.9 Å². The van der Waals surface area contributed by atoms with Gasteiger partial charge in [0.1, 0.15) is 18.3 Å². The van der Waals surface area contributed by atoms with Crippen LogP contribution in [0.25, 0.3) is 0 Å². The van der Waals surface area contributed by atoms with Gasteiger partial charge >= 0.3 is 0 Å². The fraction of sp³-hybridized carbons (Fsp3) is 0.333. The van der Waals surface area contributed by atoms with Crippen LogP contribution in [-0.2, 0) is 26.2 Å². The summed E-state index contributed by atoms with van der Waals surface area (Å²) in [6.07, 6.45) is 0.361. The van der Waals surface area contributed by atoms with Gasteiger partial charge in [-0.2, -0.15) is 0 Å². The minimum Gasteiger partial charge on any atom is -0.494 e. The maximum absolute atomic E-state index is 14.0. The Labute approximate surface area is 245 Å². The van der Waals surface area contributed by atoms with Gasteiger partial charge in [0.05, 0.1) is 17.2 Å². The molecule has 1 atom stereocenters. The van der Waals surface area contributed by atoms with Gasteiger partial charge in [-0.05, 0) is 81.3 Å². The molecule has 0 radical (unpaired) electrons. The van der Waals surface area contributed by atoms with Crippen molar-refractivity contribution in [3.8, 4) is 5.75 Å². The van der Waals surface area contributed by atoms with E-state index in [1.54, 1.807) is 36.4 Å². The van der Waals surface area contributed by atoms with Gasteiger partial charge < -0.3 is 15.0 Å².